The molecular weight excluding hydrogens is 349 g/mol. The van der Waals surface area contributed by atoms with Crippen LogP contribution in [0.15, 0.2) is 24.3 Å². The molecule has 1 heterocycles. The minimum absolute atomic E-state index is 0.0832. The van der Waals surface area contributed by atoms with Crippen molar-refractivity contribution in [1.29, 1.82) is 0 Å². The molecule has 1 aromatic rings. The Morgan fingerprint density at radius 1 is 1.28 bits per heavy atom. The lowest BCUT2D eigenvalue weighted by molar-refractivity contribution is 0.0739. The third-order valence-corrected chi connectivity index (χ3v) is 3.90. The van der Waals surface area contributed by atoms with Crippen LogP contribution >= 0.6 is 22.6 Å². The maximum absolute atomic E-state index is 12.8. The molecule has 1 aliphatic rings. The molecule has 0 unspecified atom stereocenters. The molecule has 0 aromatic heterocycles. The molecule has 0 amide bonds. The number of halogens is 3. The van der Waals surface area contributed by atoms with Crippen molar-refractivity contribution in [1.82, 2.24) is 10.2 Å². The number of benzene rings is 1. The van der Waals surface area contributed by atoms with Gasteiger partial charge in [0.05, 0.1) is 0 Å². The number of hydrogen-bond donors (Lipinski definition) is 1. The molecule has 5 heteroatoms. The summed E-state index contributed by atoms with van der Waals surface area (Å²) in [7, 11) is 0. The van der Waals surface area contributed by atoms with Gasteiger partial charge in [-0.2, -0.15) is 0 Å². The normalized spacial score (nSPS) is 19.1. The molecule has 1 fully saturated rings. The zero-order valence-electron chi connectivity index (χ0n) is 10.1. The molecule has 2 rings (SSSR count). The van der Waals surface area contributed by atoms with Crippen molar-refractivity contribution in [2.45, 2.75) is 18.9 Å². The van der Waals surface area contributed by atoms with Gasteiger partial charge in [0.25, 0.3) is 0 Å². The quantitative estimate of drug-likeness (QED) is 0.825. The highest BCUT2D eigenvalue weighted by Crippen LogP contribution is 2.28. The fraction of sp³-hybridized carbons (Fsp3) is 0.538. The first-order chi connectivity index (χ1) is 8.66. The second kappa shape index (κ2) is 6.77. The molecule has 1 atom stereocenters. The van der Waals surface area contributed by atoms with Crippen LogP contribution in [0.5, 0.6) is 0 Å². The van der Waals surface area contributed by atoms with Crippen LogP contribution in [0.1, 0.15) is 18.0 Å². The fourth-order valence-electron chi connectivity index (χ4n) is 2.37. The summed E-state index contributed by atoms with van der Waals surface area (Å²) in [6.45, 7) is 3.43. The van der Waals surface area contributed by atoms with E-state index in [9.17, 15) is 8.78 Å². The fourth-order valence-corrected chi connectivity index (χ4v) is 2.94. The first kappa shape index (κ1) is 14.1. The van der Waals surface area contributed by atoms with Gasteiger partial charge in [-0.05, 0) is 40.3 Å². The van der Waals surface area contributed by atoms with Crippen LogP contribution in [0.3, 0.4) is 0 Å². The highest BCUT2D eigenvalue weighted by atomic mass is 127. The van der Waals surface area contributed by atoms with Crippen molar-refractivity contribution < 1.29 is 8.78 Å². The van der Waals surface area contributed by atoms with E-state index in [1.54, 1.807) is 0 Å². The Balaban J connectivity index is 2.18. The highest BCUT2D eigenvalue weighted by Gasteiger charge is 2.25. The van der Waals surface area contributed by atoms with Gasteiger partial charge in [-0.25, -0.2) is 8.78 Å². The lowest BCUT2D eigenvalue weighted by Crippen LogP contribution is -2.45. The predicted molar refractivity (Wildman–Crippen MR) is 77.0 cm³/mol. The van der Waals surface area contributed by atoms with Crippen LogP contribution < -0.4 is 5.32 Å². The van der Waals surface area contributed by atoms with Gasteiger partial charge >= 0.3 is 0 Å². The van der Waals surface area contributed by atoms with Crippen LogP contribution in [0.2, 0.25) is 0 Å². The van der Waals surface area contributed by atoms with E-state index in [4.69, 9.17) is 0 Å². The van der Waals surface area contributed by atoms with Crippen molar-refractivity contribution in [3.8, 4) is 0 Å². The summed E-state index contributed by atoms with van der Waals surface area (Å²) in [5, 5.41) is 3.26. The standard InChI is InChI=1S/C13H17F2IN2/c14-13(15)9-12(18-6-4-17-5-7-18)10-2-1-3-11(16)8-10/h1-3,8,12-13,17H,4-7,9H2/t12-/m0/s1. The molecule has 2 nitrogen and oxygen atoms in total. The molecule has 0 radical (unpaired) electrons. The molecule has 1 N–H and O–H groups in total. The van der Waals surface area contributed by atoms with Gasteiger partial charge in [0, 0.05) is 42.2 Å². The Kier molecular flexibility index (Phi) is 5.32. The van der Waals surface area contributed by atoms with Gasteiger partial charge in [0.15, 0.2) is 0 Å². The molecule has 0 spiro atoms. The first-order valence-corrected chi connectivity index (χ1v) is 7.23. The summed E-state index contributed by atoms with van der Waals surface area (Å²) in [6, 6.07) is 7.73. The van der Waals surface area contributed by atoms with Crippen molar-refractivity contribution in [2.75, 3.05) is 26.2 Å². The second-order valence-corrected chi connectivity index (χ2v) is 5.73. The third-order valence-electron chi connectivity index (χ3n) is 3.23. The van der Waals surface area contributed by atoms with Crippen LogP contribution in [0.4, 0.5) is 8.78 Å². The van der Waals surface area contributed by atoms with Gasteiger partial charge < -0.3 is 5.32 Å². The highest BCUT2D eigenvalue weighted by molar-refractivity contribution is 14.1. The zero-order chi connectivity index (χ0) is 13.0. The summed E-state index contributed by atoms with van der Waals surface area (Å²) in [5.41, 5.74) is 1.00. The molecular formula is C13H17F2IN2. The van der Waals surface area contributed by atoms with E-state index in [0.717, 1.165) is 35.3 Å². The van der Waals surface area contributed by atoms with Gasteiger partial charge in [-0.3, -0.25) is 4.90 Å². The minimum atomic E-state index is -2.26. The third kappa shape index (κ3) is 3.86. The van der Waals surface area contributed by atoms with E-state index in [2.05, 4.69) is 32.8 Å². The number of rotatable bonds is 4. The summed E-state index contributed by atoms with van der Waals surface area (Å²) < 4.78 is 26.7. The van der Waals surface area contributed by atoms with Crippen LogP contribution in [-0.2, 0) is 0 Å². The number of alkyl halides is 2. The van der Waals surface area contributed by atoms with Gasteiger partial charge in [0.2, 0.25) is 6.43 Å². The molecule has 1 aliphatic heterocycles. The SMILES string of the molecule is FC(F)C[C@@H](c1cccc(I)c1)N1CCNCC1. The zero-order valence-corrected chi connectivity index (χ0v) is 12.2. The Bertz CT molecular complexity index is 381. The number of nitrogens with zero attached hydrogens (tertiary/aromatic N) is 1. The smallest absolute Gasteiger partial charge is 0.240 e. The molecule has 18 heavy (non-hydrogen) atoms. The molecule has 0 saturated carbocycles. The van der Waals surface area contributed by atoms with E-state index in [1.807, 2.05) is 24.3 Å². The number of piperazine rings is 1. The number of hydrogen-bond acceptors (Lipinski definition) is 2. The second-order valence-electron chi connectivity index (χ2n) is 4.48. The molecule has 0 aliphatic carbocycles. The van der Waals surface area contributed by atoms with E-state index in [1.165, 1.54) is 0 Å². The van der Waals surface area contributed by atoms with Crippen molar-refractivity contribution in [3.63, 3.8) is 0 Å². The lowest BCUT2D eigenvalue weighted by Gasteiger charge is -2.35. The van der Waals surface area contributed by atoms with E-state index in [-0.39, 0.29) is 12.5 Å². The van der Waals surface area contributed by atoms with Gasteiger partial charge in [-0.15, -0.1) is 0 Å². The number of nitrogens with one attached hydrogen (secondary N) is 1. The van der Waals surface area contributed by atoms with Gasteiger partial charge in [0.1, 0.15) is 0 Å². The monoisotopic (exact) mass is 366 g/mol. The summed E-state index contributed by atoms with van der Waals surface area (Å²) in [6.07, 6.45) is -2.34. The van der Waals surface area contributed by atoms with Crippen LogP contribution in [0, 0.1) is 3.57 Å². The van der Waals surface area contributed by atoms with Crippen LogP contribution in [0.25, 0.3) is 0 Å². The molecule has 1 aromatic carbocycles. The van der Waals surface area contributed by atoms with E-state index in [0.29, 0.717) is 0 Å². The van der Waals surface area contributed by atoms with Gasteiger partial charge in [-0.1, -0.05) is 12.1 Å². The molecule has 100 valence electrons. The first-order valence-electron chi connectivity index (χ1n) is 6.15. The summed E-state index contributed by atoms with van der Waals surface area (Å²) in [5.74, 6) is 0. The van der Waals surface area contributed by atoms with E-state index < -0.39 is 6.43 Å². The van der Waals surface area contributed by atoms with Crippen molar-refractivity contribution in [2.24, 2.45) is 0 Å². The van der Waals surface area contributed by atoms with Crippen molar-refractivity contribution >= 4 is 22.6 Å². The topological polar surface area (TPSA) is 15.3 Å². The summed E-state index contributed by atoms with van der Waals surface area (Å²) in [4.78, 5) is 2.16. The average molecular weight is 366 g/mol. The Labute approximate surface area is 120 Å². The Morgan fingerprint density at radius 2 is 2.00 bits per heavy atom. The van der Waals surface area contributed by atoms with Crippen LogP contribution in [-0.4, -0.2) is 37.5 Å². The largest absolute Gasteiger partial charge is 0.314 e. The Hall–Kier alpha value is -0.270. The minimum Gasteiger partial charge on any atom is -0.314 e. The molecule has 1 saturated heterocycles. The summed E-state index contributed by atoms with van der Waals surface area (Å²) >= 11 is 2.22. The maximum Gasteiger partial charge on any atom is 0.240 e. The molecule has 0 bridgehead atoms. The van der Waals surface area contributed by atoms with E-state index >= 15 is 0 Å². The Morgan fingerprint density at radius 3 is 2.61 bits per heavy atom. The maximum atomic E-state index is 12.8. The predicted octanol–water partition coefficient (Wildman–Crippen LogP) is 2.89. The lowest BCUT2D eigenvalue weighted by atomic mass is 10.0. The van der Waals surface area contributed by atoms with Crippen molar-refractivity contribution in [3.05, 3.63) is 33.4 Å². The average Bonchev–Trinajstić information content (AvgIpc) is 2.37.